The molecule has 1 saturated heterocycles. The molecule has 132 valence electrons. The Bertz CT molecular complexity index is 766. The van der Waals surface area contributed by atoms with E-state index in [9.17, 15) is 4.79 Å². The minimum Gasteiger partial charge on any atom is -0.335 e. The van der Waals surface area contributed by atoms with Crippen LogP contribution in [0.15, 0.2) is 35.7 Å². The van der Waals surface area contributed by atoms with Gasteiger partial charge in [0.15, 0.2) is 0 Å². The normalized spacial score (nSPS) is 18.8. The van der Waals surface area contributed by atoms with Crippen LogP contribution in [0, 0.1) is 0 Å². The second-order valence-corrected chi connectivity index (χ2v) is 9.28. The number of hydrogen-bond acceptors (Lipinski definition) is 3. The van der Waals surface area contributed by atoms with Gasteiger partial charge in [-0.25, -0.2) is 0 Å². The first-order chi connectivity index (χ1) is 11.9. The van der Waals surface area contributed by atoms with Crippen LogP contribution < -0.4 is 0 Å². The van der Waals surface area contributed by atoms with Gasteiger partial charge in [0.1, 0.15) is 0 Å². The molecule has 2 aliphatic heterocycles. The number of amides is 1. The average Bonchev–Trinajstić information content (AvgIpc) is 3.00. The van der Waals surface area contributed by atoms with E-state index in [1.165, 1.54) is 11.1 Å². The number of carbonyl (C=O) groups is 1. The molecule has 0 spiro atoms. The van der Waals surface area contributed by atoms with Gasteiger partial charge in [0.25, 0.3) is 5.91 Å². The van der Waals surface area contributed by atoms with E-state index in [1.54, 1.807) is 4.88 Å². The van der Waals surface area contributed by atoms with Gasteiger partial charge in [0, 0.05) is 42.7 Å². The van der Waals surface area contributed by atoms with Crippen LogP contribution in [-0.4, -0.2) is 41.4 Å². The lowest BCUT2D eigenvalue weighted by atomic mass is 9.86. The maximum atomic E-state index is 12.7. The fourth-order valence-electron chi connectivity index (χ4n) is 3.73. The number of nitrogens with zero attached hydrogens (tertiary/aromatic N) is 2. The van der Waals surface area contributed by atoms with Crippen molar-refractivity contribution >= 4 is 17.2 Å². The van der Waals surface area contributed by atoms with Crippen molar-refractivity contribution in [2.75, 3.05) is 19.6 Å². The molecule has 0 atom stereocenters. The highest BCUT2D eigenvalue weighted by molar-refractivity contribution is 7.10. The zero-order valence-corrected chi connectivity index (χ0v) is 16.1. The minimum absolute atomic E-state index is 0.123. The number of benzene rings is 1. The number of carbonyl (C=O) groups excluding carboxylic acids is 1. The van der Waals surface area contributed by atoms with Crippen molar-refractivity contribution in [2.45, 2.75) is 45.2 Å². The lowest BCUT2D eigenvalue weighted by molar-refractivity contribution is 0.0221. The first kappa shape index (κ1) is 16.8. The Morgan fingerprint density at radius 2 is 1.84 bits per heavy atom. The first-order valence-corrected chi connectivity index (χ1v) is 9.99. The molecular weight excluding hydrogens is 328 g/mol. The van der Waals surface area contributed by atoms with Crippen molar-refractivity contribution in [3.8, 4) is 0 Å². The maximum absolute atomic E-state index is 12.7. The Morgan fingerprint density at radius 1 is 1.12 bits per heavy atom. The van der Waals surface area contributed by atoms with Crippen LogP contribution in [0.1, 0.15) is 47.1 Å². The summed E-state index contributed by atoms with van der Waals surface area (Å²) < 4.78 is 0. The standard InChI is InChI=1S/C21H26N2OS/c1-21(2,3)17-6-4-15(5-7-17)20(24)23-13-18(14-23)22-10-8-19-16(12-22)9-11-25-19/h4-7,9,11,18H,8,10,12-14H2,1-3H3. The van der Waals surface area contributed by atoms with Crippen LogP contribution >= 0.6 is 11.3 Å². The van der Waals surface area contributed by atoms with Crippen LogP contribution in [0.2, 0.25) is 0 Å². The second-order valence-electron chi connectivity index (χ2n) is 8.28. The van der Waals surface area contributed by atoms with Gasteiger partial charge < -0.3 is 4.90 Å². The van der Waals surface area contributed by atoms with Crippen molar-refractivity contribution in [3.63, 3.8) is 0 Å². The van der Waals surface area contributed by atoms with E-state index in [0.717, 1.165) is 38.2 Å². The smallest absolute Gasteiger partial charge is 0.253 e. The molecule has 0 N–H and O–H groups in total. The Morgan fingerprint density at radius 3 is 2.52 bits per heavy atom. The summed E-state index contributed by atoms with van der Waals surface area (Å²) in [5, 5.41) is 2.20. The fraction of sp³-hybridized carbons (Fsp3) is 0.476. The molecule has 3 nitrogen and oxygen atoms in total. The van der Waals surface area contributed by atoms with Crippen molar-refractivity contribution < 1.29 is 4.79 Å². The topological polar surface area (TPSA) is 23.6 Å². The molecule has 0 bridgehead atoms. The molecule has 4 rings (SSSR count). The zero-order valence-electron chi connectivity index (χ0n) is 15.3. The Labute approximate surface area is 154 Å². The minimum atomic E-state index is 0.123. The Kier molecular flexibility index (Phi) is 4.20. The number of hydrogen-bond donors (Lipinski definition) is 0. The highest BCUT2D eigenvalue weighted by Gasteiger charge is 2.36. The molecule has 0 radical (unpaired) electrons. The Hall–Kier alpha value is -1.65. The van der Waals surface area contributed by atoms with Crippen molar-refractivity contribution in [3.05, 3.63) is 57.3 Å². The number of thiophene rings is 1. The summed E-state index contributed by atoms with van der Waals surface area (Å²) in [6, 6.07) is 10.9. The average molecular weight is 355 g/mol. The molecule has 1 fully saturated rings. The van der Waals surface area contributed by atoms with Crippen molar-refractivity contribution in [2.24, 2.45) is 0 Å². The first-order valence-electron chi connectivity index (χ1n) is 9.11. The van der Waals surface area contributed by atoms with Crippen LogP contribution in [0.25, 0.3) is 0 Å². The van der Waals surface area contributed by atoms with E-state index in [1.807, 2.05) is 28.4 Å². The summed E-state index contributed by atoms with van der Waals surface area (Å²) in [6.07, 6.45) is 1.16. The van der Waals surface area contributed by atoms with Gasteiger partial charge in [0.05, 0.1) is 0 Å². The van der Waals surface area contributed by atoms with Crippen LogP contribution in [0.4, 0.5) is 0 Å². The van der Waals surface area contributed by atoms with E-state index >= 15 is 0 Å². The summed E-state index contributed by atoms with van der Waals surface area (Å²) in [5.74, 6) is 0.171. The van der Waals surface area contributed by atoms with Crippen molar-refractivity contribution in [1.82, 2.24) is 9.80 Å². The summed E-state index contributed by atoms with van der Waals surface area (Å²) in [6.45, 7) is 10.5. The van der Waals surface area contributed by atoms with E-state index in [0.29, 0.717) is 6.04 Å². The van der Waals surface area contributed by atoms with Crippen LogP contribution in [0.5, 0.6) is 0 Å². The van der Waals surface area contributed by atoms with Gasteiger partial charge in [-0.15, -0.1) is 11.3 Å². The molecule has 1 aromatic carbocycles. The Balaban J connectivity index is 1.35. The fourth-order valence-corrected chi connectivity index (χ4v) is 4.62. The molecular formula is C21H26N2OS. The highest BCUT2D eigenvalue weighted by Crippen LogP contribution is 2.28. The monoisotopic (exact) mass is 354 g/mol. The van der Waals surface area contributed by atoms with Gasteiger partial charge >= 0.3 is 0 Å². The lowest BCUT2D eigenvalue weighted by Gasteiger charge is -2.46. The van der Waals surface area contributed by atoms with Crippen molar-refractivity contribution in [1.29, 1.82) is 0 Å². The molecule has 0 unspecified atom stereocenters. The molecule has 2 aromatic rings. The molecule has 2 aliphatic rings. The SMILES string of the molecule is CC(C)(C)c1ccc(C(=O)N2CC(N3CCc4sccc4C3)C2)cc1. The van der Waals surface area contributed by atoms with E-state index in [4.69, 9.17) is 0 Å². The van der Waals surface area contributed by atoms with E-state index < -0.39 is 0 Å². The summed E-state index contributed by atoms with van der Waals surface area (Å²) in [7, 11) is 0. The third-order valence-electron chi connectivity index (χ3n) is 5.50. The molecule has 0 saturated carbocycles. The third-order valence-corrected chi connectivity index (χ3v) is 6.52. The predicted octanol–water partition coefficient (Wildman–Crippen LogP) is 3.93. The predicted molar refractivity (Wildman–Crippen MR) is 103 cm³/mol. The maximum Gasteiger partial charge on any atom is 0.253 e. The molecule has 0 aliphatic carbocycles. The lowest BCUT2D eigenvalue weighted by Crippen LogP contribution is -2.61. The summed E-state index contributed by atoms with van der Waals surface area (Å²) >= 11 is 1.88. The number of rotatable bonds is 2. The largest absolute Gasteiger partial charge is 0.335 e. The van der Waals surface area contributed by atoms with Gasteiger partial charge in [-0.1, -0.05) is 32.9 Å². The summed E-state index contributed by atoms with van der Waals surface area (Å²) in [5.41, 5.74) is 3.69. The highest BCUT2D eigenvalue weighted by atomic mass is 32.1. The van der Waals surface area contributed by atoms with Gasteiger partial charge in [-0.05, 0) is 46.5 Å². The molecule has 25 heavy (non-hydrogen) atoms. The van der Waals surface area contributed by atoms with Crippen LogP contribution in [0.3, 0.4) is 0 Å². The van der Waals surface area contributed by atoms with Crippen LogP contribution in [-0.2, 0) is 18.4 Å². The van der Waals surface area contributed by atoms with E-state index in [2.05, 4.69) is 49.3 Å². The zero-order chi connectivity index (χ0) is 17.6. The van der Waals surface area contributed by atoms with Gasteiger partial charge in [0.2, 0.25) is 0 Å². The molecule has 4 heteroatoms. The number of likely N-dealkylation sites (tertiary alicyclic amines) is 1. The molecule has 3 heterocycles. The second kappa shape index (κ2) is 6.26. The van der Waals surface area contributed by atoms with Gasteiger partial charge in [-0.3, -0.25) is 9.69 Å². The van der Waals surface area contributed by atoms with Gasteiger partial charge in [-0.2, -0.15) is 0 Å². The van der Waals surface area contributed by atoms with E-state index in [-0.39, 0.29) is 11.3 Å². The molecule has 1 amide bonds. The molecule has 1 aromatic heterocycles. The number of fused-ring (bicyclic) bond motifs is 1. The quantitative estimate of drug-likeness (QED) is 0.816. The third kappa shape index (κ3) is 3.25. The summed E-state index contributed by atoms with van der Waals surface area (Å²) in [4.78, 5) is 18.8.